The third-order valence-corrected chi connectivity index (χ3v) is 7.20. The van der Waals surface area contributed by atoms with Gasteiger partial charge in [-0.15, -0.1) is 0 Å². The van der Waals surface area contributed by atoms with E-state index in [1.807, 2.05) is 12.1 Å². The third kappa shape index (κ3) is 3.56. The first-order chi connectivity index (χ1) is 13.5. The Hall–Kier alpha value is -2.25. The SMILES string of the molecule is O=S1(=O)c2ccccc2C(O)C(Cc2ccc(Cl)cc2)N1Cc1ccncc1. The number of benzene rings is 2. The highest BCUT2D eigenvalue weighted by Gasteiger charge is 2.43. The van der Waals surface area contributed by atoms with E-state index in [4.69, 9.17) is 11.6 Å². The molecule has 3 aromatic rings. The summed E-state index contributed by atoms with van der Waals surface area (Å²) in [5.74, 6) is 0. The maximum Gasteiger partial charge on any atom is 0.244 e. The average Bonchev–Trinajstić information content (AvgIpc) is 2.71. The van der Waals surface area contributed by atoms with Gasteiger partial charge in [0.1, 0.15) is 0 Å². The Morgan fingerprint density at radius 2 is 1.64 bits per heavy atom. The second-order valence-corrected chi connectivity index (χ2v) is 9.08. The first-order valence-electron chi connectivity index (χ1n) is 8.89. The van der Waals surface area contributed by atoms with Crippen molar-refractivity contribution in [3.63, 3.8) is 0 Å². The van der Waals surface area contributed by atoms with Crippen LogP contribution in [0.5, 0.6) is 0 Å². The number of hydrogen-bond acceptors (Lipinski definition) is 4. The minimum Gasteiger partial charge on any atom is -0.387 e. The van der Waals surface area contributed by atoms with E-state index in [-0.39, 0.29) is 11.4 Å². The van der Waals surface area contributed by atoms with Gasteiger partial charge in [-0.3, -0.25) is 4.98 Å². The molecule has 0 saturated heterocycles. The lowest BCUT2D eigenvalue weighted by atomic mass is 9.95. The predicted molar refractivity (Wildman–Crippen MR) is 107 cm³/mol. The van der Waals surface area contributed by atoms with Gasteiger partial charge in [0.25, 0.3) is 0 Å². The number of fused-ring (bicyclic) bond motifs is 1. The predicted octanol–water partition coefficient (Wildman–Crippen LogP) is 3.58. The van der Waals surface area contributed by atoms with Gasteiger partial charge in [-0.05, 0) is 47.9 Å². The van der Waals surface area contributed by atoms with Crippen LogP contribution in [0.2, 0.25) is 5.02 Å². The molecule has 28 heavy (non-hydrogen) atoms. The van der Waals surface area contributed by atoms with Crippen LogP contribution in [0.25, 0.3) is 0 Å². The fourth-order valence-corrected chi connectivity index (χ4v) is 5.56. The Labute approximate surface area is 169 Å². The number of rotatable bonds is 4. The van der Waals surface area contributed by atoms with Gasteiger partial charge in [-0.2, -0.15) is 4.31 Å². The Balaban J connectivity index is 1.78. The largest absolute Gasteiger partial charge is 0.387 e. The summed E-state index contributed by atoms with van der Waals surface area (Å²) in [7, 11) is -3.76. The molecule has 0 bridgehead atoms. The number of aliphatic hydroxyl groups excluding tert-OH is 1. The topological polar surface area (TPSA) is 70.5 Å². The molecule has 0 fully saturated rings. The van der Waals surface area contributed by atoms with Gasteiger partial charge in [-0.1, -0.05) is 41.9 Å². The maximum absolute atomic E-state index is 13.4. The van der Waals surface area contributed by atoms with Gasteiger partial charge in [0, 0.05) is 29.5 Å². The quantitative estimate of drug-likeness (QED) is 0.708. The fourth-order valence-electron chi connectivity index (χ4n) is 3.57. The summed E-state index contributed by atoms with van der Waals surface area (Å²) in [5, 5.41) is 11.7. The monoisotopic (exact) mass is 414 g/mol. The smallest absolute Gasteiger partial charge is 0.244 e. The first-order valence-corrected chi connectivity index (χ1v) is 10.7. The molecule has 0 spiro atoms. The van der Waals surface area contributed by atoms with Crippen LogP contribution in [0.3, 0.4) is 0 Å². The first kappa shape index (κ1) is 19.1. The minimum atomic E-state index is -3.76. The Morgan fingerprint density at radius 3 is 2.36 bits per heavy atom. The summed E-state index contributed by atoms with van der Waals surface area (Å²) in [6, 6.07) is 16.8. The molecule has 0 amide bonds. The number of nitrogens with zero attached hydrogens (tertiary/aromatic N) is 2. The zero-order valence-electron chi connectivity index (χ0n) is 14.9. The summed E-state index contributed by atoms with van der Waals surface area (Å²) < 4.78 is 28.2. The van der Waals surface area contributed by atoms with Crippen molar-refractivity contribution in [2.24, 2.45) is 0 Å². The van der Waals surface area contributed by atoms with E-state index in [0.717, 1.165) is 11.1 Å². The molecule has 1 aliphatic heterocycles. The standard InChI is InChI=1S/C21H19ClN2O3S/c22-17-7-5-15(6-8-17)13-19-21(25)18-3-1-2-4-20(18)28(26,27)24(19)14-16-9-11-23-12-10-16/h1-12,19,21,25H,13-14H2. The number of aromatic nitrogens is 1. The van der Waals surface area contributed by atoms with Gasteiger partial charge in [0.05, 0.1) is 17.0 Å². The zero-order chi connectivity index (χ0) is 19.7. The van der Waals surface area contributed by atoms with Crippen LogP contribution in [-0.4, -0.2) is 28.9 Å². The average molecular weight is 415 g/mol. The van der Waals surface area contributed by atoms with Crippen molar-refractivity contribution >= 4 is 21.6 Å². The summed E-state index contributed by atoms with van der Waals surface area (Å²) >= 11 is 5.97. The number of halogens is 1. The Kier molecular flexibility index (Phi) is 5.21. The summed E-state index contributed by atoms with van der Waals surface area (Å²) in [6.45, 7) is 0.161. The van der Waals surface area contributed by atoms with Crippen molar-refractivity contribution in [1.29, 1.82) is 0 Å². The number of pyridine rings is 1. The lowest BCUT2D eigenvalue weighted by Crippen LogP contribution is -2.48. The lowest BCUT2D eigenvalue weighted by Gasteiger charge is -2.39. The van der Waals surface area contributed by atoms with Crippen LogP contribution in [0.15, 0.2) is 78.0 Å². The van der Waals surface area contributed by atoms with Crippen LogP contribution in [0, 0.1) is 0 Å². The van der Waals surface area contributed by atoms with Crippen molar-refractivity contribution < 1.29 is 13.5 Å². The van der Waals surface area contributed by atoms with Crippen molar-refractivity contribution in [2.45, 2.75) is 30.0 Å². The highest BCUT2D eigenvalue weighted by molar-refractivity contribution is 7.89. The Morgan fingerprint density at radius 1 is 0.964 bits per heavy atom. The second-order valence-electron chi connectivity index (χ2n) is 6.79. The van der Waals surface area contributed by atoms with Gasteiger partial charge in [-0.25, -0.2) is 8.42 Å². The molecule has 7 heteroatoms. The van der Waals surface area contributed by atoms with Crippen molar-refractivity contribution in [3.8, 4) is 0 Å². The van der Waals surface area contributed by atoms with Crippen molar-refractivity contribution in [2.75, 3.05) is 0 Å². The molecule has 2 unspecified atom stereocenters. The molecule has 1 N–H and O–H groups in total. The molecule has 1 aromatic heterocycles. The molecule has 4 rings (SSSR count). The minimum absolute atomic E-state index is 0.156. The van der Waals surface area contributed by atoms with E-state index in [1.54, 1.807) is 60.9 Å². The van der Waals surface area contributed by atoms with E-state index in [1.165, 1.54) is 4.31 Å². The van der Waals surface area contributed by atoms with E-state index >= 15 is 0 Å². The number of aliphatic hydroxyl groups is 1. The molecule has 0 aliphatic carbocycles. The maximum atomic E-state index is 13.4. The molecular formula is C21H19ClN2O3S. The van der Waals surface area contributed by atoms with E-state index in [2.05, 4.69) is 4.98 Å². The molecule has 0 saturated carbocycles. The summed E-state index contributed by atoms with van der Waals surface area (Å²) in [5.41, 5.74) is 2.15. The zero-order valence-corrected chi connectivity index (χ0v) is 16.5. The van der Waals surface area contributed by atoms with Crippen molar-refractivity contribution in [1.82, 2.24) is 9.29 Å². The van der Waals surface area contributed by atoms with Gasteiger partial charge < -0.3 is 5.11 Å². The summed E-state index contributed by atoms with van der Waals surface area (Å²) in [6.07, 6.45) is 2.70. The molecule has 5 nitrogen and oxygen atoms in total. The van der Waals surface area contributed by atoms with Crippen molar-refractivity contribution in [3.05, 3.63) is 94.8 Å². The number of hydrogen-bond donors (Lipinski definition) is 1. The molecule has 2 atom stereocenters. The number of sulfonamides is 1. The second kappa shape index (κ2) is 7.64. The highest BCUT2D eigenvalue weighted by Crippen LogP contribution is 2.38. The fraction of sp³-hybridized carbons (Fsp3) is 0.190. The normalized spacial score (nSPS) is 21.2. The molecule has 2 aromatic carbocycles. The van der Waals surface area contributed by atoms with E-state index in [0.29, 0.717) is 17.0 Å². The van der Waals surface area contributed by atoms with Gasteiger partial charge in [0.2, 0.25) is 10.0 Å². The lowest BCUT2D eigenvalue weighted by molar-refractivity contribution is 0.0769. The van der Waals surface area contributed by atoms with Crippen LogP contribution >= 0.6 is 11.6 Å². The van der Waals surface area contributed by atoms with Crippen LogP contribution in [0.1, 0.15) is 22.8 Å². The molecule has 144 valence electrons. The van der Waals surface area contributed by atoms with Gasteiger partial charge in [0.15, 0.2) is 0 Å². The molecule has 0 radical (unpaired) electrons. The summed E-state index contributed by atoms with van der Waals surface area (Å²) in [4.78, 5) is 4.15. The Bertz CT molecular complexity index is 1070. The molecule has 1 aliphatic rings. The third-order valence-electron chi connectivity index (χ3n) is 5.00. The van der Waals surface area contributed by atoms with Crippen LogP contribution in [-0.2, 0) is 23.0 Å². The van der Waals surface area contributed by atoms with E-state index < -0.39 is 22.2 Å². The van der Waals surface area contributed by atoms with Crippen LogP contribution < -0.4 is 0 Å². The highest BCUT2D eigenvalue weighted by atomic mass is 35.5. The van der Waals surface area contributed by atoms with Crippen LogP contribution in [0.4, 0.5) is 0 Å². The molecular weight excluding hydrogens is 396 g/mol. The van der Waals surface area contributed by atoms with Gasteiger partial charge >= 0.3 is 0 Å². The molecule has 2 heterocycles. The van der Waals surface area contributed by atoms with E-state index in [9.17, 15) is 13.5 Å².